The van der Waals surface area contributed by atoms with Gasteiger partial charge in [0.1, 0.15) is 5.75 Å². The first kappa shape index (κ1) is 15.8. The van der Waals surface area contributed by atoms with E-state index in [4.69, 9.17) is 23.2 Å². The highest BCUT2D eigenvalue weighted by atomic mass is 35.5. The Kier molecular flexibility index (Phi) is 4.85. The van der Waals surface area contributed by atoms with Crippen molar-refractivity contribution < 1.29 is 17.9 Å². The fourth-order valence-electron chi connectivity index (χ4n) is 1.71. The van der Waals surface area contributed by atoms with Gasteiger partial charge >= 0.3 is 6.36 Å². The minimum atomic E-state index is -4.71. The average Bonchev–Trinajstić information content (AvgIpc) is 2.36. The highest BCUT2D eigenvalue weighted by molar-refractivity contribution is 6.39. The Labute approximate surface area is 129 Å². The normalized spacial score (nSPS) is 11.3. The number of hydrogen-bond donors (Lipinski definition) is 1. The summed E-state index contributed by atoms with van der Waals surface area (Å²) in [6.07, 6.45) is -4.71. The highest BCUT2D eigenvalue weighted by Crippen LogP contribution is 2.30. The van der Waals surface area contributed by atoms with Gasteiger partial charge < -0.3 is 10.1 Å². The molecule has 0 spiro atoms. The Morgan fingerprint density at radius 1 is 1.00 bits per heavy atom. The second-order valence-electron chi connectivity index (χ2n) is 4.15. The molecule has 0 amide bonds. The molecule has 21 heavy (non-hydrogen) atoms. The van der Waals surface area contributed by atoms with E-state index in [1.807, 2.05) is 0 Å². The van der Waals surface area contributed by atoms with E-state index in [9.17, 15) is 13.2 Å². The van der Waals surface area contributed by atoms with Crippen molar-refractivity contribution in [3.63, 3.8) is 0 Å². The van der Waals surface area contributed by atoms with E-state index < -0.39 is 6.36 Å². The summed E-state index contributed by atoms with van der Waals surface area (Å²) in [5, 5.41) is 3.86. The first-order valence-corrected chi connectivity index (χ1v) is 6.63. The van der Waals surface area contributed by atoms with Crippen LogP contribution in [0, 0.1) is 0 Å². The van der Waals surface area contributed by atoms with Crippen molar-refractivity contribution in [2.24, 2.45) is 0 Å². The number of anilines is 1. The Morgan fingerprint density at radius 2 is 1.62 bits per heavy atom. The second kappa shape index (κ2) is 6.45. The maximum absolute atomic E-state index is 12.2. The number of rotatable bonds is 4. The van der Waals surface area contributed by atoms with E-state index in [2.05, 4.69) is 10.1 Å². The van der Waals surface area contributed by atoms with Gasteiger partial charge in [-0.3, -0.25) is 0 Å². The lowest BCUT2D eigenvalue weighted by Gasteiger charge is -2.12. The number of benzene rings is 2. The minimum Gasteiger partial charge on any atom is -0.406 e. The van der Waals surface area contributed by atoms with Crippen LogP contribution < -0.4 is 10.1 Å². The van der Waals surface area contributed by atoms with Gasteiger partial charge in [-0.15, -0.1) is 13.2 Å². The van der Waals surface area contributed by atoms with Crippen LogP contribution in [-0.2, 0) is 6.54 Å². The molecular formula is C14H10Cl2F3NO. The molecule has 0 saturated heterocycles. The number of para-hydroxylation sites is 1. The molecule has 7 heteroatoms. The van der Waals surface area contributed by atoms with E-state index in [0.29, 0.717) is 21.3 Å². The van der Waals surface area contributed by atoms with Gasteiger partial charge in [0.2, 0.25) is 0 Å². The van der Waals surface area contributed by atoms with E-state index >= 15 is 0 Å². The molecule has 0 radical (unpaired) electrons. The fraction of sp³-hybridized carbons (Fsp3) is 0.143. The highest BCUT2D eigenvalue weighted by Gasteiger charge is 2.31. The van der Waals surface area contributed by atoms with Crippen LogP contribution in [0.4, 0.5) is 18.9 Å². The molecule has 0 aliphatic heterocycles. The smallest absolute Gasteiger partial charge is 0.406 e. The predicted molar refractivity (Wildman–Crippen MR) is 76.9 cm³/mol. The maximum atomic E-state index is 12.2. The van der Waals surface area contributed by atoms with Gasteiger partial charge in [0.05, 0.1) is 15.7 Å². The number of alkyl halides is 3. The quantitative estimate of drug-likeness (QED) is 0.796. The van der Waals surface area contributed by atoms with Crippen LogP contribution in [0.15, 0.2) is 42.5 Å². The number of halogens is 5. The van der Waals surface area contributed by atoms with Crippen molar-refractivity contribution in [2.45, 2.75) is 12.9 Å². The molecule has 0 aliphatic carbocycles. The summed E-state index contributed by atoms with van der Waals surface area (Å²) in [5.41, 5.74) is 1.13. The van der Waals surface area contributed by atoms with Crippen molar-refractivity contribution in [1.29, 1.82) is 0 Å². The van der Waals surface area contributed by atoms with Crippen LogP contribution in [0.1, 0.15) is 5.56 Å². The summed E-state index contributed by atoms with van der Waals surface area (Å²) in [4.78, 5) is 0. The second-order valence-corrected chi connectivity index (χ2v) is 4.96. The SMILES string of the molecule is FC(F)(F)Oc1cccc(CNc2c(Cl)cccc2Cl)c1. The molecule has 0 aromatic heterocycles. The number of hydrogen-bond acceptors (Lipinski definition) is 2. The van der Waals surface area contributed by atoms with Crippen molar-refractivity contribution in [3.8, 4) is 5.75 Å². The third-order valence-electron chi connectivity index (χ3n) is 2.56. The van der Waals surface area contributed by atoms with Gasteiger partial charge in [0.15, 0.2) is 0 Å². The van der Waals surface area contributed by atoms with E-state index in [0.717, 1.165) is 0 Å². The van der Waals surface area contributed by atoms with Crippen LogP contribution in [0.2, 0.25) is 10.0 Å². The summed E-state index contributed by atoms with van der Waals surface area (Å²) in [5.74, 6) is -0.271. The molecule has 0 saturated carbocycles. The van der Waals surface area contributed by atoms with Crippen molar-refractivity contribution >= 4 is 28.9 Å². The lowest BCUT2D eigenvalue weighted by Crippen LogP contribution is -2.17. The third-order valence-corrected chi connectivity index (χ3v) is 3.19. The van der Waals surface area contributed by atoms with Gasteiger partial charge in [-0.1, -0.05) is 41.4 Å². The first-order chi connectivity index (χ1) is 9.85. The zero-order valence-corrected chi connectivity index (χ0v) is 12.1. The van der Waals surface area contributed by atoms with E-state index in [1.165, 1.54) is 18.2 Å². The molecule has 1 N–H and O–H groups in total. The summed E-state index contributed by atoms with van der Waals surface area (Å²) in [6.45, 7) is 0.262. The maximum Gasteiger partial charge on any atom is 0.573 e. The molecule has 0 aliphatic rings. The lowest BCUT2D eigenvalue weighted by atomic mass is 10.2. The Bertz CT molecular complexity index is 612. The lowest BCUT2D eigenvalue weighted by molar-refractivity contribution is -0.274. The van der Waals surface area contributed by atoms with Crippen LogP contribution in [-0.4, -0.2) is 6.36 Å². The van der Waals surface area contributed by atoms with Gasteiger partial charge in [0.25, 0.3) is 0 Å². The molecular weight excluding hydrogens is 326 g/mol. The molecule has 0 fully saturated rings. The van der Waals surface area contributed by atoms with Gasteiger partial charge in [0, 0.05) is 6.54 Å². The zero-order chi connectivity index (χ0) is 15.5. The van der Waals surface area contributed by atoms with Gasteiger partial charge in [-0.25, -0.2) is 0 Å². The van der Waals surface area contributed by atoms with E-state index in [-0.39, 0.29) is 12.3 Å². The number of ether oxygens (including phenoxy) is 1. The van der Waals surface area contributed by atoms with Crippen molar-refractivity contribution in [1.82, 2.24) is 0 Å². The molecule has 112 valence electrons. The summed E-state index contributed by atoms with van der Waals surface area (Å²) >= 11 is 12.0. The topological polar surface area (TPSA) is 21.3 Å². The van der Waals surface area contributed by atoms with Crippen LogP contribution in [0.5, 0.6) is 5.75 Å². The van der Waals surface area contributed by atoms with Crippen LogP contribution >= 0.6 is 23.2 Å². The Balaban J connectivity index is 2.09. The zero-order valence-electron chi connectivity index (χ0n) is 10.5. The molecule has 0 heterocycles. The molecule has 0 bridgehead atoms. The fourth-order valence-corrected chi connectivity index (χ4v) is 2.24. The van der Waals surface area contributed by atoms with Crippen molar-refractivity contribution in [3.05, 3.63) is 58.1 Å². The first-order valence-electron chi connectivity index (χ1n) is 5.88. The molecule has 2 aromatic carbocycles. The predicted octanol–water partition coefficient (Wildman–Crippen LogP) is 5.50. The number of nitrogens with one attached hydrogen (secondary N) is 1. The van der Waals surface area contributed by atoms with Crippen LogP contribution in [0.25, 0.3) is 0 Å². The largest absolute Gasteiger partial charge is 0.573 e. The summed E-state index contributed by atoms with van der Waals surface area (Å²) in [6, 6.07) is 10.7. The molecule has 0 unspecified atom stereocenters. The van der Waals surface area contributed by atoms with E-state index in [1.54, 1.807) is 24.3 Å². The average molecular weight is 336 g/mol. The standard InChI is InChI=1S/C14H10Cl2F3NO/c15-11-5-2-6-12(16)13(11)20-8-9-3-1-4-10(7-9)21-14(17,18)19/h1-7,20H,8H2. The summed E-state index contributed by atoms with van der Waals surface area (Å²) < 4.78 is 40.3. The summed E-state index contributed by atoms with van der Waals surface area (Å²) in [7, 11) is 0. The Hall–Kier alpha value is -1.59. The molecule has 2 nitrogen and oxygen atoms in total. The molecule has 2 rings (SSSR count). The molecule has 0 atom stereocenters. The molecule has 2 aromatic rings. The third kappa shape index (κ3) is 4.72. The van der Waals surface area contributed by atoms with Gasteiger partial charge in [-0.2, -0.15) is 0 Å². The minimum absolute atomic E-state index is 0.262. The monoisotopic (exact) mass is 335 g/mol. The van der Waals surface area contributed by atoms with Crippen LogP contribution in [0.3, 0.4) is 0 Å². The van der Waals surface area contributed by atoms with Crippen molar-refractivity contribution in [2.75, 3.05) is 5.32 Å². The van der Waals surface area contributed by atoms with Gasteiger partial charge in [-0.05, 0) is 29.8 Å². The Morgan fingerprint density at radius 3 is 2.24 bits per heavy atom.